The molecular weight excluding hydrogens is 392 g/mol. The number of aromatic nitrogens is 2. The number of fused-ring (bicyclic) bond motifs is 1. The van der Waals surface area contributed by atoms with Crippen molar-refractivity contribution in [2.75, 3.05) is 14.2 Å². The van der Waals surface area contributed by atoms with Gasteiger partial charge < -0.3 is 14.8 Å². The third kappa shape index (κ3) is 3.36. The molecule has 1 aliphatic rings. The van der Waals surface area contributed by atoms with Crippen molar-refractivity contribution in [3.8, 4) is 22.6 Å². The lowest BCUT2D eigenvalue weighted by Gasteiger charge is -2.38. The standard InChI is InChI=1S/C22H23F2N3O3/c1-22(7-4-8-22)14-5-6-16-15(11-26-27(16)12-14)13-9-17(29-3)19(20(28)25-2)18(10-13)30-21(23)24/h5-6,9-12,21H,4,7-8H2,1-3H3,(H,25,28). The number of alkyl halides is 2. The second-order valence-electron chi connectivity index (χ2n) is 7.73. The molecule has 158 valence electrons. The maximum atomic E-state index is 13.0. The number of carbonyl (C=O) groups excluding carboxylic acids is 1. The summed E-state index contributed by atoms with van der Waals surface area (Å²) >= 11 is 0. The zero-order valence-corrected chi connectivity index (χ0v) is 17.0. The SMILES string of the molecule is CNC(=O)c1c(OC)cc(-c2cnn3cc(C4(C)CCC4)ccc23)cc1OC(F)F. The lowest BCUT2D eigenvalue weighted by atomic mass is 9.66. The first-order valence-electron chi connectivity index (χ1n) is 9.73. The minimum absolute atomic E-state index is 0.0827. The molecule has 0 aliphatic heterocycles. The number of nitrogens with one attached hydrogen (secondary N) is 1. The van der Waals surface area contributed by atoms with Crippen molar-refractivity contribution in [3.63, 3.8) is 0 Å². The molecule has 30 heavy (non-hydrogen) atoms. The zero-order chi connectivity index (χ0) is 21.5. The van der Waals surface area contributed by atoms with Gasteiger partial charge in [-0.25, -0.2) is 4.52 Å². The Morgan fingerprint density at radius 1 is 1.27 bits per heavy atom. The van der Waals surface area contributed by atoms with E-state index in [0.717, 1.165) is 23.9 Å². The van der Waals surface area contributed by atoms with Crippen LogP contribution < -0.4 is 14.8 Å². The molecule has 1 saturated carbocycles. The van der Waals surface area contributed by atoms with Gasteiger partial charge in [0.25, 0.3) is 5.91 Å². The van der Waals surface area contributed by atoms with Crippen LogP contribution in [0.3, 0.4) is 0 Å². The Bertz CT molecular complexity index is 1110. The highest BCUT2D eigenvalue weighted by Crippen LogP contribution is 2.43. The number of carbonyl (C=O) groups is 1. The van der Waals surface area contributed by atoms with E-state index in [1.807, 2.05) is 12.3 Å². The molecule has 8 heteroatoms. The molecule has 0 saturated heterocycles. The summed E-state index contributed by atoms with van der Waals surface area (Å²) in [4.78, 5) is 12.2. The van der Waals surface area contributed by atoms with Gasteiger partial charge in [-0.2, -0.15) is 13.9 Å². The number of nitrogens with zero attached hydrogens (tertiary/aromatic N) is 2. The normalized spacial score (nSPS) is 15.1. The molecule has 0 bridgehead atoms. The van der Waals surface area contributed by atoms with Gasteiger partial charge in [0, 0.05) is 18.8 Å². The zero-order valence-electron chi connectivity index (χ0n) is 17.0. The molecule has 0 unspecified atom stereocenters. The number of hydrogen-bond acceptors (Lipinski definition) is 4. The topological polar surface area (TPSA) is 64.9 Å². The van der Waals surface area contributed by atoms with Crippen LogP contribution in [0.2, 0.25) is 0 Å². The maximum absolute atomic E-state index is 13.0. The molecule has 6 nitrogen and oxygen atoms in total. The van der Waals surface area contributed by atoms with Crippen molar-refractivity contribution in [1.29, 1.82) is 0 Å². The fraction of sp³-hybridized carbons (Fsp3) is 0.364. The summed E-state index contributed by atoms with van der Waals surface area (Å²) in [6.45, 7) is -0.832. The average molecular weight is 415 g/mol. The van der Waals surface area contributed by atoms with Gasteiger partial charge in [0.2, 0.25) is 0 Å². The molecule has 0 radical (unpaired) electrons. The molecule has 1 amide bonds. The van der Waals surface area contributed by atoms with Crippen molar-refractivity contribution in [3.05, 3.63) is 47.8 Å². The molecule has 1 N–H and O–H groups in total. The van der Waals surface area contributed by atoms with Gasteiger partial charge >= 0.3 is 6.61 Å². The molecule has 0 atom stereocenters. The van der Waals surface area contributed by atoms with Gasteiger partial charge in [-0.15, -0.1) is 0 Å². The number of rotatable bonds is 6. The smallest absolute Gasteiger partial charge is 0.387 e. The fourth-order valence-corrected chi connectivity index (χ4v) is 4.00. The fourth-order valence-electron chi connectivity index (χ4n) is 4.00. The van der Waals surface area contributed by atoms with Gasteiger partial charge in [0.1, 0.15) is 17.1 Å². The summed E-state index contributed by atoms with van der Waals surface area (Å²) in [6, 6.07) is 7.11. The first-order chi connectivity index (χ1) is 14.4. The minimum atomic E-state index is -3.08. The first-order valence-corrected chi connectivity index (χ1v) is 9.73. The van der Waals surface area contributed by atoms with Crippen molar-refractivity contribution in [2.45, 2.75) is 38.2 Å². The van der Waals surface area contributed by atoms with Gasteiger partial charge in [-0.1, -0.05) is 19.4 Å². The van der Waals surface area contributed by atoms with E-state index in [1.54, 1.807) is 16.8 Å². The van der Waals surface area contributed by atoms with E-state index in [1.165, 1.54) is 32.2 Å². The van der Waals surface area contributed by atoms with Crippen molar-refractivity contribution < 1.29 is 23.0 Å². The highest BCUT2D eigenvalue weighted by Gasteiger charge is 2.34. The Morgan fingerprint density at radius 3 is 2.60 bits per heavy atom. The summed E-state index contributed by atoms with van der Waals surface area (Å²) in [5, 5.41) is 6.88. The second-order valence-corrected chi connectivity index (χ2v) is 7.73. The Hall–Kier alpha value is -3.16. The van der Waals surface area contributed by atoms with Crippen LogP contribution in [-0.4, -0.2) is 36.3 Å². The summed E-state index contributed by atoms with van der Waals surface area (Å²) < 4.78 is 37.8. The second kappa shape index (κ2) is 7.59. The Morgan fingerprint density at radius 2 is 2.00 bits per heavy atom. The largest absolute Gasteiger partial charge is 0.496 e. The van der Waals surface area contributed by atoms with Crippen LogP contribution in [0.15, 0.2) is 36.7 Å². The molecule has 0 spiro atoms. The molecule has 1 aromatic carbocycles. The van der Waals surface area contributed by atoms with Crippen molar-refractivity contribution in [1.82, 2.24) is 14.9 Å². The van der Waals surface area contributed by atoms with E-state index in [2.05, 4.69) is 28.1 Å². The number of ether oxygens (including phenoxy) is 2. The molecular formula is C22H23F2N3O3. The number of benzene rings is 1. The Labute approximate surface area is 172 Å². The van der Waals surface area contributed by atoms with E-state index in [-0.39, 0.29) is 22.5 Å². The number of methoxy groups -OCH3 is 1. The van der Waals surface area contributed by atoms with E-state index in [0.29, 0.717) is 5.56 Å². The van der Waals surface area contributed by atoms with Crippen LogP contribution >= 0.6 is 0 Å². The third-order valence-electron chi connectivity index (χ3n) is 5.94. The number of halogens is 2. The van der Waals surface area contributed by atoms with Gasteiger partial charge in [0.05, 0.1) is 18.8 Å². The highest BCUT2D eigenvalue weighted by molar-refractivity contribution is 6.01. The molecule has 3 aromatic rings. The van der Waals surface area contributed by atoms with E-state index >= 15 is 0 Å². The van der Waals surface area contributed by atoms with Crippen LogP contribution in [-0.2, 0) is 5.41 Å². The maximum Gasteiger partial charge on any atom is 0.387 e. The highest BCUT2D eigenvalue weighted by atomic mass is 19.3. The summed E-state index contributed by atoms with van der Waals surface area (Å²) in [6.07, 6.45) is 7.22. The van der Waals surface area contributed by atoms with Crippen LogP contribution in [0, 0.1) is 0 Å². The number of pyridine rings is 1. The predicted molar refractivity (Wildman–Crippen MR) is 108 cm³/mol. The molecule has 1 fully saturated rings. The van der Waals surface area contributed by atoms with Gasteiger partial charge in [-0.05, 0) is 47.6 Å². The minimum Gasteiger partial charge on any atom is -0.496 e. The summed E-state index contributed by atoms with van der Waals surface area (Å²) in [7, 11) is 2.78. The number of hydrogen-bond donors (Lipinski definition) is 1. The van der Waals surface area contributed by atoms with Gasteiger partial charge in [0.15, 0.2) is 0 Å². The monoisotopic (exact) mass is 415 g/mol. The molecule has 1 aliphatic carbocycles. The van der Waals surface area contributed by atoms with E-state index in [4.69, 9.17) is 4.74 Å². The van der Waals surface area contributed by atoms with Crippen molar-refractivity contribution in [2.24, 2.45) is 0 Å². The van der Waals surface area contributed by atoms with Crippen LogP contribution in [0.4, 0.5) is 8.78 Å². The summed E-state index contributed by atoms with van der Waals surface area (Å²) in [5.41, 5.74) is 3.43. The van der Waals surface area contributed by atoms with E-state index < -0.39 is 12.5 Å². The number of amides is 1. The van der Waals surface area contributed by atoms with E-state index in [9.17, 15) is 13.6 Å². The van der Waals surface area contributed by atoms with Crippen LogP contribution in [0.25, 0.3) is 16.6 Å². The Balaban J connectivity index is 1.83. The first kappa shape index (κ1) is 20.1. The van der Waals surface area contributed by atoms with Crippen LogP contribution in [0.5, 0.6) is 11.5 Å². The predicted octanol–water partition coefficient (Wildman–Crippen LogP) is 4.41. The molecule has 2 heterocycles. The van der Waals surface area contributed by atoms with Crippen LogP contribution in [0.1, 0.15) is 42.1 Å². The molecule has 2 aromatic heterocycles. The summed E-state index contributed by atoms with van der Waals surface area (Å²) in [5.74, 6) is -0.690. The lowest BCUT2D eigenvalue weighted by Crippen LogP contribution is -2.30. The average Bonchev–Trinajstić information content (AvgIpc) is 3.13. The lowest BCUT2D eigenvalue weighted by molar-refractivity contribution is -0.0502. The molecule has 4 rings (SSSR count). The third-order valence-corrected chi connectivity index (χ3v) is 5.94. The Kier molecular flexibility index (Phi) is 5.09. The van der Waals surface area contributed by atoms with Gasteiger partial charge in [-0.3, -0.25) is 4.79 Å². The quantitative estimate of drug-likeness (QED) is 0.648. The van der Waals surface area contributed by atoms with Crippen molar-refractivity contribution >= 4 is 11.4 Å².